The third kappa shape index (κ3) is 3.62. The number of anilines is 1. The second kappa shape index (κ2) is 8.12. The van der Waals surface area contributed by atoms with Gasteiger partial charge in [0.25, 0.3) is 0 Å². The average molecular weight is 449 g/mol. The number of hydrogen-bond acceptors (Lipinski definition) is 5. The smallest absolute Gasteiger partial charge is 0.249 e. The lowest BCUT2D eigenvalue weighted by atomic mass is 10.1. The molecule has 162 valence electrons. The molecule has 1 atom stereocenters. The molecular weight excluding hydrogens is 428 g/mol. The quantitative estimate of drug-likeness (QED) is 0.505. The molecule has 0 aliphatic carbocycles. The summed E-state index contributed by atoms with van der Waals surface area (Å²) in [5.41, 5.74) is 4.99. The number of ether oxygens (including phenoxy) is 1. The molecule has 3 heterocycles. The summed E-state index contributed by atoms with van der Waals surface area (Å²) in [4.78, 5) is 17.2. The number of hydrogen-bond donors (Lipinski definition) is 1. The van der Waals surface area contributed by atoms with Gasteiger partial charge in [0.15, 0.2) is 0 Å². The van der Waals surface area contributed by atoms with Crippen molar-refractivity contribution in [3.63, 3.8) is 0 Å². The van der Waals surface area contributed by atoms with Gasteiger partial charge in [-0.25, -0.2) is 9.67 Å². The molecule has 0 fully saturated rings. The number of aryl methyl sites for hydroxylation is 2. The Kier molecular flexibility index (Phi) is 5.14. The fourth-order valence-corrected chi connectivity index (χ4v) is 4.21. The van der Waals surface area contributed by atoms with Crippen LogP contribution < -0.4 is 10.1 Å². The molecule has 8 nitrogen and oxygen atoms in total. The van der Waals surface area contributed by atoms with Crippen LogP contribution in [0.5, 0.6) is 5.75 Å². The van der Waals surface area contributed by atoms with E-state index in [0.29, 0.717) is 35.0 Å². The van der Waals surface area contributed by atoms with Crippen molar-refractivity contribution in [3.05, 3.63) is 71.4 Å². The van der Waals surface area contributed by atoms with E-state index in [1.165, 1.54) is 0 Å². The van der Waals surface area contributed by atoms with Gasteiger partial charge in [-0.3, -0.25) is 4.79 Å². The normalized spacial score (nSPS) is 15.7. The molecule has 2 aromatic heterocycles. The molecule has 0 radical (unpaired) electrons. The van der Waals surface area contributed by atoms with E-state index in [2.05, 4.69) is 20.6 Å². The van der Waals surface area contributed by atoms with E-state index in [0.717, 1.165) is 22.5 Å². The van der Waals surface area contributed by atoms with Crippen molar-refractivity contribution in [2.45, 2.75) is 25.8 Å². The van der Waals surface area contributed by atoms with Crippen molar-refractivity contribution in [1.82, 2.24) is 24.5 Å². The molecule has 0 bridgehead atoms. The van der Waals surface area contributed by atoms with Crippen LogP contribution in [-0.2, 0) is 11.2 Å². The van der Waals surface area contributed by atoms with Gasteiger partial charge in [-0.1, -0.05) is 35.0 Å². The van der Waals surface area contributed by atoms with Crippen LogP contribution in [0.3, 0.4) is 0 Å². The Labute approximate surface area is 189 Å². The Morgan fingerprint density at radius 2 is 2.09 bits per heavy atom. The zero-order valence-corrected chi connectivity index (χ0v) is 18.4. The number of benzene rings is 2. The molecule has 1 aliphatic heterocycles. The van der Waals surface area contributed by atoms with E-state index in [4.69, 9.17) is 16.3 Å². The third-order valence-electron chi connectivity index (χ3n) is 5.63. The Morgan fingerprint density at radius 1 is 1.22 bits per heavy atom. The highest BCUT2D eigenvalue weighted by atomic mass is 35.5. The van der Waals surface area contributed by atoms with Crippen molar-refractivity contribution >= 4 is 23.2 Å². The first-order valence-electron chi connectivity index (χ1n) is 10.2. The first-order valence-corrected chi connectivity index (χ1v) is 10.6. The van der Waals surface area contributed by atoms with Crippen molar-refractivity contribution in [3.8, 4) is 22.7 Å². The van der Waals surface area contributed by atoms with E-state index < -0.39 is 6.04 Å². The number of imidazole rings is 1. The fraction of sp³-hybridized carbons (Fsp3) is 0.217. The molecule has 32 heavy (non-hydrogen) atoms. The van der Waals surface area contributed by atoms with E-state index in [1.807, 2.05) is 48.0 Å². The minimum Gasteiger partial charge on any atom is -0.495 e. The van der Waals surface area contributed by atoms with Gasteiger partial charge in [0.05, 0.1) is 41.7 Å². The maximum Gasteiger partial charge on any atom is 0.249 e. The molecule has 0 spiro atoms. The summed E-state index contributed by atoms with van der Waals surface area (Å²) in [5, 5.41) is 12.0. The highest BCUT2D eigenvalue weighted by Crippen LogP contribution is 2.33. The molecule has 0 saturated carbocycles. The van der Waals surface area contributed by atoms with E-state index in [-0.39, 0.29) is 5.91 Å². The summed E-state index contributed by atoms with van der Waals surface area (Å²) < 4.78 is 9.12. The molecule has 1 aliphatic rings. The van der Waals surface area contributed by atoms with Crippen LogP contribution in [0.15, 0.2) is 55.1 Å². The SMILES string of the molecule is COc1cc(-c2cn(C3CCc4cccc(Cl)c4NC3=O)nn2)ccc1-n1cnc(C)c1. The van der Waals surface area contributed by atoms with Crippen LogP contribution >= 0.6 is 11.6 Å². The zero-order chi connectivity index (χ0) is 22.2. The first kappa shape index (κ1) is 20.3. The number of rotatable bonds is 4. The minimum absolute atomic E-state index is 0.156. The van der Waals surface area contributed by atoms with Gasteiger partial charge in [0.1, 0.15) is 17.5 Å². The number of halogens is 1. The summed E-state index contributed by atoms with van der Waals surface area (Å²) in [6.07, 6.45) is 6.78. The van der Waals surface area contributed by atoms with Crippen LogP contribution in [0, 0.1) is 6.92 Å². The van der Waals surface area contributed by atoms with Crippen molar-refractivity contribution < 1.29 is 9.53 Å². The number of carbonyl (C=O) groups excluding carboxylic acids is 1. The number of methoxy groups -OCH3 is 1. The van der Waals surface area contributed by atoms with Crippen LogP contribution in [0.4, 0.5) is 5.69 Å². The monoisotopic (exact) mass is 448 g/mol. The lowest BCUT2D eigenvalue weighted by Gasteiger charge is -2.13. The summed E-state index contributed by atoms with van der Waals surface area (Å²) in [6.45, 7) is 1.94. The molecule has 5 rings (SSSR count). The Bertz CT molecular complexity index is 1310. The molecule has 1 N–H and O–H groups in total. The first-order chi connectivity index (χ1) is 15.5. The number of nitrogens with one attached hydrogen (secondary N) is 1. The zero-order valence-electron chi connectivity index (χ0n) is 17.6. The Balaban J connectivity index is 1.43. The summed E-state index contributed by atoms with van der Waals surface area (Å²) in [5.74, 6) is 0.531. The second-order valence-electron chi connectivity index (χ2n) is 7.71. The number of nitrogens with zero attached hydrogens (tertiary/aromatic N) is 5. The second-order valence-corrected chi connectivity index (χ2v) is 8.12. The van der Waals surface area contributed by atoms with Gasteiger partial charge in [0, 0.05) is 11.8 Å². The van der Waals surface area contributed by atoms with Crippen molar-refractivity contribution in [2.75, 3.05) is 12.4 Å². The van der Waals surface area contributed by atoms with Gasteiger partial charge in [-0.05, 0) is 43.5 Å². The van der Waals surface area contributed by atoms with Crippen LogP contribution in [0.2, 0.25) is 5.02 Å². The minimum atomic E-state index is -0.477. The highest BCUT2D eigenvalue weighted by molar-refractivity contribution is 6.34. The Morgan fingerprint density at radius 3 is 2.88 bits per heavy atom. The average Bonchev–Trinajstić information content (AvgIpc) is 3.41. The number of aromatic nitrogens is 5. The van der Waals surface area contributed by atoms with Crippen molar-refractivity contribution in [1.29, 1.82) is 0 Å². The van der Waals surface area contributed by atoms with Gasteiger partial charge in [-0.2, -0.15) is 0 Å². The maximum atomic E-state index is 12.9. The molecule has 1 unspecified atom stereocenters. The van der Waals surface area contributed by atoms with E-state index >= 15 is 0 Å². The molecule has 4 aromatic rings. The van der Waals surface area contributed by atoms with Gasteiger partial charge in [0.2, 0.25) is 5.91 Å². The molecule has 2 aromatic carbocycles. The maximum absolute atomic E-state index is 12.9. The van der Waals surface area contributed by atoms with Crippen LogP contribution in [0.25, 0.3) is 16.9 Å². The number of amides is 1. The standard InChI is InChI=1S/C23H21ClN6O2/c1-14-11-29(13-25-14)19-8-7-16(10-21(19)32-2)18-12-30(28-27-18)20-9-6-15-4-3-5-17(24)22(15)26-23(20)31/h3-5,7-8,10-13,20H,6,9H2,1-2H3,(H,26,31). The van der Waals surface area contributed by atoms with E-state index in [1.54, 1.807) is 30.4 Å². The fourth-order valence-electron chi connectivity index (χ4n) is 3.96. The highest BCUT2D eigenvalue weighted by Gasteiger charge is 2.27. The molecule has 9 heteroatoms. The molecule has 1 amide bonds. The molecular formula is C23H21ClN6O2. The molecule has 0 saturated heterocycles. The number of fused-ring (bicyclic) bond motifs is 1. The van der Waals surface area contributed by atoms with E-state index in [9.17, 15) is 4.79 Å². The Hall–Kier alpha value is -3.65. The summed E-state index contributed by atoms with van der Waals surface area (Å²) in [7, 11) is 1.63. The summed E-state index contributed by atoms with van der Waals surface area (Å²) >= 11 is 6.28. The van der Waals surface area contributed by atoms with Crippen LogP contribution in [-0.4, -0.2) is 37.6 Å². The number of carbonyl (C=O) groups is 1. The van der Waals surface area contributed by atoms with Gasteiger partial charge >= 0.3 is 0 Å². The lowest BCUT2D eigenvalue weighted by molar-refractivity contribution is -0.119. The lowest BCUT2D eigenvalue weighted by Crippen LogP contribution is -2.25. The van der Waals surface area contributed by atoms with Crippen LogP contribution in [0.1, 0.15) is 23.7 Å². The number of para-hydroxylation sites is 1. The van der Waals surface area contributed by atoms with Gasteiger partial charge in [-0.15, -0.1) is 5.10 Å². The van der Waals surface area contributed by atoms with Crippen molar-refractivity contribution in [2.24, 2.45) is 0 Å². The predicted octanol–water partition coefficient (Wildman–Crippen LogP) is 4.23. The summed E-state index contributed by atoms with van der Waals surface area (Å²) in [6, 6.07) is 11.0. The third-order valence-corrected chi connectivity index (χ3v) is 5.95. The largest absolute Gasteiger partial charge is 0.495 e. The predicted molar refractivity (Wildman–Crippen MR) is 121 cm³/mol. The van der Waals surface area contributed by atoms with Gasteiger partial charge < -0.3 is 14.6 Å². The topological polar surface area (TPSA) is 86.9 Å².